The Morgan fingerprint density at radius 3 is 2.62 bits per heavy atom. The Bertz CT molecular complexity index is 740. The van der Waals surface area contributed by atoms with Crippen LogP contribution in [0.25, 0.3) is 0 Å². The van der Waals surface area contributed by atoms with E-state index < -0.39 is 0 Å². The summed E-state index contributed by atoms with van der Waals surface area (Å²) in [6.45, 7) is 0.255. The Kier molecular flexibility index (Phi) is 3.94. The smallest absolute Gasteiger partial charge is 0.270 e. The summed E-state index contributed by atoms with van der Waals surface area (Å²) in [6.07, 6.45) is 6.17. The molecule has 0 spiro atoms. The van der Waals surface area contributed by atoms with Gasteiger partial charge < -0.3 is 20.1 Å². The summed E-state index contributed by atoms with van der Waals surface area (Å²) in [6, 6.07) is 9.53. The predicted octanol–water partition coefficient (Wildman–Crippen LogP) is 3.23. The summed E-state index contributed by atoms with van der Waals surface area (Å²) in [5.41, 5.74) is 2.13. The fraction of sp³-hybridized carbons (Fsp3) is 0.333. The van der Waals surface area contributed by atoms with E-state index in [-0.39, 0.29) is 12.7 Å². The second-order valence-electron chi connectivity index (χ2n) is 6.08. The lowest BCUT2D eigenvalue weighted by Crippen LogP contribution is -2.33. The number of carbonyl (C=O) groups excluding carboxylic acids is 1. The molecular weight excluding hydrogens is 306 g/mol. The molecule has 6 heteroatoms. The highest BCUT2D eigenvalue weighted by molar-refractivity contribution is 5.92. The molecule has 124 valence electrons. The maximum atomic E-state index is 12.2. The maximum Gasteiger partial charge on any atom is 0.270 e. The summed E-state index contributed by atoms with van der Waals surface area (Å²) < 4.78 is 10.7. The molecule has 2 aromatic rings. The van der Waals surface area contributed by atoms with E-state index in [2.05, 4.69) is 15.6 Å². The van der Waals surface area contributed by atoms with Gasteiger partial charge in [-0.05, 0) is 37.1 Å². The fourth-order valence-corrected chi connectivity index (χ4v) is 3.07. The van der Waals surface area contributed by atoms with Crippen LogP contribution in [-0.2, 0) is 0 Å². The summed E-state index contributed by atoms with van der Waals surface area (Å²) in [7, 11) is 0. The number of rotatable bonds is 4. The monoisotopic (exact) mass is 325 g/mol. The Balaban J connectivity index is 1.41. The van der Waals surface area contributed by atoms with E-state index in [1.807, 2.05) is 24.3 Å². The number of aromatic nitrogens is 1. The van der Waals surface area contributed by atoms with Gasteiger partial charge in [-0.1, -0.05) is 12.8 Å². The lowest BCUT2D eigenvalue weighted by molar-refractivity contribution is 0.0933. The zero-order valence-electron chi connectivity index (χ0n) is 13.2. The van der Waals surface area contributed by atoms with Gasteiger partial charge in [0.25, 0.3) is 5.91 Å². The molecule has 4 rings (SSSR count). The topological polar surface area (TPSA) is 72.5 Å². The quantitative estimate of drug-likeness (QED) is 0.903. The maximum absolute atomic E-state index is 12.2. The van der Waals surface area contributed by atoms with Gasteiger partial charge >= 0.3 is 0 Å². The molecule has 0 radical (unpaired) electrons. The van der Waals surface area contributed by atoms with Gasteiger partial charge in [0.2, 0.25) is 6.79 Å². The highest BCUT2D eigenvalue weighted by Gasteiger charge is 2.18. The van der Waals surface area contributed by atoms with Crippen molar-refractivity contribution in [2.45, 2.75) is 31.7 Å². The Morgan fingerprint density at radius 2 is 1.83 bits per heavy atom. The minimum Gasteiger partial charge on any atom is -0.454 e. The summed E-state index contributed by atoms with van der Waals surface area (Å²) in [4.78, 5) is 16.4. The molecule has 2 heterocycles. The van der Waals surface area contributed by atoms with E-state index in [1.54, 1.807) is 12.3 Å². The van der Waals surface area contributed by atoms with Crippen LogP contribution in [0.1, 0.15) is 36.2 Å². The van der Waals surface area contributed by atoms with Gasteiger partial charge in [-0.3, -0.25) is 4.79 Å². The molecule has 0 bridgehead atoms. The number of amides is 1. The number of ether oxygens (including phenoxy) is 2. The van der Waals surface area contributed by atoms with Crippen LogP contribution in [0.5, 0.6) is 11.5 Å². The van der Waals surface area contributed by atoms with Crippen molar-refractivity contribution in [3.8, 4) is 11.5 Å². The second kappa shape index (κ2) is 6.39. The van der Waals surface area contributed by atoms with Gasteiger partial charge in [0.1, 0.15) is 5.69 Å². The van der Waals surface area contributed by atoms with E-state index >= 15 is 0 Å². The largest absolute Gasteiger partial charge is 0.454 e. The molecule has 1 aliphatic heterocycles. The predicted molar refractivity (Wildman–Crippen MR) is 89.8 cm³/mol. The first kappa shape index (κ1) is 14.8. The Labute approximate surface area is 140 Å². The first-order valence-electron chi connectivity index (χ1n) is 8.21. The van der Waals surface area contributed by atoms with Crippen molar-refractivity contribution >= 4 is 17.3 Å². The molecule has 1 fully saturated rings. The number of pyridine rings is 1. The molecule has 1 aromatic heterocycles. The van der Waals surface area contributed by atoms with E-state index in [0.717, 1.165) is 35.7 Å². The molecule has 1 aromatic carbocycles. The molecule has 1 saturated carbocycles. The van der Waals surface area contributed by atoms with Gasteiger partial charge in [0.15, 0.2) is 11.5 Å². The van der Waals surface area contributed by atoms with Crippen molar-refractivity contribution in [3.63, 3.8) is 0 Å². The number of benzene rings is 1. The minimum absolute atomic E-state index is 0.100. The van der Waals surface area contributed by atoms with E-state index in [4.69, 9.17) is 9.47 Å². The molecule has 0 atom stereocenters. The van der Waals surface area contributed by atoms with Crippen LogP contribution < -0.4 is 20.1 Å². The third kappa shape index (κ3) is 3.13. The van der Waals surface area contributed by atoms with Crippen molar-refractivity contribution < 1.29 is 14.3 Å². The third-order valence-corrected chi connectivity index (χ3v) is 4.35. The van der Waals surface area contributed by atoms with Crippen LogP contribution in [0.2, 0.25) is 0 Å². The summed E-state index contributed by atoms with van der Waals surface area (Å²) >= 11 is 0. The molecule has 2 aliphatic rings. The number of nitrogens with one attached hydrogen (secondary N) is 2. The standard InChI is InChI=1S/C18H19N3O3/c22-18(21-12-3-1-2-4-12)15-7-5-14(10-19-15)20-13-6-8-16-17(9-13)24-11-23-16/h5-10,12,20H,1-4,11H2,(H,21,22). The highest BCUT2D eigenvalue weighted by Crippen LogP contribution is 2.35. The number of carbonyl (C=O) groups is 1. The number of hydrogen-bond donors (Lipinski definition) is 2. The van der Waals surface area contributed by atoms with Crippen molar-refractivity contribution in [1.82, 2.24) is 10.3 Å². The normalized spacial score (nSPS) is 16.2. The average Bonchev–Trinajstić information content (AvgIpc) is 3.26. The van der Waals surface area contributed by atoms with E-state index in [1.165, 1.54) is 12.8 Å². The molecule has 0 saturated heterocycles. The van der Waals surface area contributed by atoms with Crippen LogP contribution >= 0.6 is 0 Å². The third-order valence-electron chi connectivity index (χ3n) is 4.35. The van der Waals surface area contributed by atoms with Crippen LogP contribution in [0, 0.1) is 0 Å². The summed E-state index contributed by atoms with van der Waals surface area (Å²) in [5.74, 6) is 1.37. The minimum atomic E-state index is -0.100. The number of hydrogen-bond acceptors (Lipinski definition) is 5. The highest BCUT2D eigenvalue weighted by atomic mass is 16.7. The van der Waals surface area contributed by atoms with Crippen molar-refractivity contribution in [2.24, 2.45) is 0 Å². The molecule has 1 amide bonds. The van der Waals surface area contributed by atoms with E-state index in [9.17, 15) is 4.79 Å². The van der Waals surface area contributed by atoms with Crippen LogP contribution in [0.15, 0.2) is 36.5 Å². The zero-order valence-corrected chi connectivity index (χ0v) is 13.2. The number of nitrogens with zero attached hydrogens (tertiary/aromatic N) is 1. The number of anilines is 2. The van der Waals surface area contributed by atoms with Crippen LogP contribution in [0.3, 0.4) is 0 Å². The molecule has 1 aliphatic carbocycles. The Morgan fingerprint density at radius 1 is 1.04 bits per heavy atom. The lowest BCUT2D eigenvalue weighted by Gasteiger charge is -2.12. The SMILES string of the molecule is O=C(NC1CCCC1)c1ccc(Nc2ccc3c(c2)OCO3)cn1. The second-order valence-corrected chi connectivity index (χ2v) is 6.08. The molecule has 24 heavy (non-hydrogen) atoms. The fourth-order valence-electron chi connectivity index (χ4n) is 3.07. The van der Waals surface area contributed by atoms with Crippen molar-refractivity contribution in [3.05, 3.63) is 42.2 Å². The van der Waals surface area contributed by atoms with Crippen LogP contribution in [-0.4, -0.2) is 23.7 Å². The number of fused-ring (bicyclic) bond motifs is 1. The molecular formula is C18H19N3O3. The van der Waals surface area contributed by atoms with E-state index in [0.29, 0.717) is 11.7 Å². The van der Waals surface area contributed by atoms with Gasteiger partial charge in [-0.25, -0.2) is 4.98 Å². The van der Waals surface area contributed by atoms with Gasteiger partial charge in [0, 0.05) is 17.8 Å². The average molecular weight is 325 g/mol. The van der Waals surface area contributed by atoms with Crippen molar-refractivity contribution in [1.29, 1.82) is 0 Å². The molecule has 6 nitrogen and oxygen atoms in total. The van der Waals surface area contributed by atoms with Gasteiger partial charge in [0.05, 0.1) is 11.9 Å². The van der Waals surface area contributed by atoms with Crippen molar-refractivity contribution in [2.75, 3.05) is 12.1 Å². The molecule has 2 N–H and O–H groups in total. The Hall–Kier alpha value is -2.76. The van der Waals surface area contributed by atoms with Crippen LogP contribution in [0.4, 0.5) is 11.4 Å². The first-order chi connectivity index (χ1) is 11.8. The van der Waals surface area contributed by atoms with Gasteiger partial charge in [-0.2, -0.15) is 0 Å². The lowest BCUT2D eigenvalue weighted by atomic mass is 10.2. The van der Waals surface area contributed by atoms with Gasteiger partial charge in [-0.15, -0.1) is 0 Å². The molecule has 0 unspecified atom stereocenters. The summed E-state index contributed by atoms with van der Waals surface area (Å²) in [5, 5.41) is 6.28. The first-order valence-corrected chi connectivity index (χ1v) is 8.21. The zero-order chi connectivity index (χ0) is 16.4.